The van der Waals surface area contributed by atoms with Crippen molar-refractivity contribution in [3.05, 3.63) is 72.8 Å². The number of aromatic nitrogens is 4. The number of imidazole rings is 1. The molecule has 4 rings (SSSR count). The number of hydrogen-bond donors (Lipinski definition) is 3. The molecule has 0 aliphatic heterocycles. The van der Waals surface area contributed by atoms with Crippen molar-refractivity contribution in [3.8, 4) is 17.0 Å². The first-order chi connectivity index (χ1) is 13.7. The van der Waals surface area contributed by atoms with Crippen LogP contribution in [0.3, 0.4) is 0 Å². The van der Waals surface area contributed by atoms with Crippen LogP contribution in [0, 0.1) is 6.92 Å². The Kier molecular flexibility index (Phi) is 4.88. The lowest BCUT2D eigenvalue weighted by molar-refractivity contribution is 0.415. The standard InChI is InChI=1S/C21H20N6O/c1-14-3-8-17(28-2)11-18(14)26-20-9-10-23-21(27-20)25-16-6-4-15(5-7-16)19-12-22-13-24-19/h3-13H,1-2H3,(H,22,24)(H2,23,25,26,27). The molecule has 0 saturated heterocycles. The van der Waals surface area contributed by atoms with Crippen molar-refractivity contribution in [2.75, 3.05) is 17.7 Å². The molecule has 0 bridgehead atoms. The van der Waals surface area contributed by atoms with Gasteiger partial charge in [0.25, 0.3) is 0 Å². The number of aryl methyl sites for hydroxylation is 1. The molecule has 0 aliphatic rings. The maximum atomic E-state index is 5.30. The Bertz CT molecular complexity index is 1060. The van der Waals surface area contributed by atoms with Crippen molar-refractivity contribution >= 4 is 23.1 Å². The number of rotatable bonds is 6. The second kappa shape index (κ2) is 7.79. The maximum absolute atomic E-state index is 5.30. The summed E-state index contributed by atoms with van der Waals surface area (Å²) < 4.78 is 5.30. The first-order valence-electron chi connectivity index (χ1n) is 8.82. The highest BCUT2D eigenvalue weighted by molar-refractivity contribution is 5.66. The van der Waals surface area contributed by atoms with Gasteiger partial charge in [-0.2, -0.15) is 4.98 Å². The Morgan fingerprint density at radius 1 is 1.00 bits per heavy atom. The van der Waals surface area contributed by atoms with Gasteiger partial charge in [0.15, 0.2) is 0 Å². The first kappa shape index (κ1) is 17.5. The summed E-state index contributed by atoms with van der Waals surface area (Å²) in [5.41, 5.74) is 4.98. The van der Waals surface area contributed by atoms with Gasteiger partial charge in [-0.25, -0.2) is 9.97 Å². The summed E-state index contributed by atoms with van der Waals surface area (Å²) in [5.74, 6) is 2.00. The van der Waals surface area contributed by atoms with Crippen LogP contribution < -0.4 is 15.4 Å². The van der Waals surface area contributed by atoms with Gasteiger partial charge in [-0.15, -0.1) is 0 Å². The van der Waals surface area contributed by atoms with Gasteiger partial charge in [0.05, 0.1) is 25.3 Å². The van der Waals surface area contributed by atoms with Gasteiger partial charge >= 0.3 is 0 Å². The number of hydrogen-bond acceptors (Lipinski definition) is 6. The lowest BCUT2D eigenvalue weighted by atomic mass is 10.1. The molecule has 4 aromatic rings. The molecular weight excluding hydrogens is 352 g/mol. The molecule has 28 heavy (non-hydrogen) atoms. The Morgan fingerprint density at radius 2 is 1.86 bits per heavy atom. The van der Waals surface area contributed by atoms with E-state index in [0.717, 1.165) is 33.9 Å². The molecule has 0 radical (unpaired) electrons. The van der Waals surface area contributed by atoms with Crippen LogP contribution in [0.4, 0.5) is 23.1 Å². The zero-order valence-electron chi connectivity index (χ0n) is 15.6. The summed E-state index contributed by atoms with van der Waals surface area (Å²) >= 11 is 0. The predicted molar refractivity (Wildman–Crippen MR) is 110 cm³/mol. The van der Waals surface area contributed by atoms with Gasteiger partial charge in [-0.05, 0) is 42.3 Å². The van der Waals surface area contributed by atoms with E-state index in [2.05, 4.69) is 30.6 Å². The molecule has 7 heteroatoms. The fourth-order valence-electron chi connectivity index (χ4n) is 2.77. The van der Waals surface area contributed by atoms with Crippen LogP contribution in [-0.4, -0.2) is 27.0 Å². The van der Waals surface area contributed by atoms with E-state index >= 15 is 0 Å². The Labute approximate surface area is 162 Å². The van der Waals surface area contributed by atoms with Gasteiger partial charge in [0.1, 0.15) is 11.6 Å². The molecular formula is C21H20N6O. The van der Waals surface area contributed by atoms with Crippen LogP contribution >= 0.6 is 0 Å². The van der Waals surface area contributed by atoms with E-state index < -0.39 is 0 Å². The lowest BCUT2D eigenvalue weighted by Crippen LogP contribution is -2.01. The normalized spacial score (nSPS) is 10.5. The van der Waals surface area contributed by atoms with Crippen molar-refractivity contribution in [2.45, 2.75) is 6.92 Å². The van der Waals surface area contributed by atoms with E-state index in [1.807, 2.05) is 55.5 Å². The summed E-state index contributed by atoms with van der Waals surface area (Å²) in [6, 6.07) is 15.7. The fourth-order valence-corrected chi connectivity index (χ4v) is 2.77. The van der Waals surface area contributed by atoms with Gasteiger partial charge in [-0.1, -0.05) is 18.2 Å². The minimum atomic E-state index is 0.514. The largest absolute Gasteiger partial charge is 0.497 e. The van der Waals surface area contributed by atoms with E-state index in [1.165, 1.54) is 0 Å². The van der Waals surface area contributed by atoms with Crippen molar-refractivity contribution in [3.63, 3.8) is 0 Å². The average Bonchev–Trinajstić information content (AvgIpc) is 3.25. The molecule has 2 aromatic carbocycles. The van der Waals surface area contributed by atoms with E-state index in [9.17, 15) is 0 Å². The second-order valence-corrected chi connectivity index (χ2v) is 6.24. The fraction of sp³-hybridized carbons (Fsp3) is 0.0952. The number of nitrogens with zero attached hydrogens (tertiary/aromatic N) is 3. The molecule has 0 saturated carbocycles. The summed E-state index contributed by atoms with van der Waals surface area (Å²) in [6.07, 6.45) is 5.17. The summed E-state index contributed by atoms with van der Waals surface area (Å²) in [5, 5.41) is 6.55. The Balaban J connectivity index is 1.50. The summed E-state index contributed by atoms with van der Waals surface area (Å²) in [7, 11) is 1.65. The highest BCUT2D eigenvalue weighted by Crippen LogP contribution is 2.25. The van der Waals surface area contributed by atoms with Crippen molar-refractivity contribution in [2.24, 2.45) is 0 Å². The molecule has 7 nitrogen and oxygen atoms in total. The van der Waals surface area contributed by atoms with Crippen molar-refractivity contribution in [1.29, 1.82) is 0 Å². The monoisotopic (exact) mass is 372 g/mol. The second-order valence-electron chi connectivity index (χ2n) is 6.24. The maximum Gasteiger partial charge on any atom is 0.229 e. The minimum Gasteiger partial charge on any atom is -0.497 e. The number of H-pyrrole nitrogens is 1. The molecule has 0 spiro atoms. The van der Waals surface area contributed by atoms with Gasteiger partial charge in [-0.3, -0.25) is 0 Å². The number of anilines is 4. The number of methoxy groups -OCH3 is 1. The highest BCUT2D eigenvalue weighted by atomic mass is 16.5. The quantitative estimate of drug-likeness (QED) is 0.456. The molecule has 0 unspecified atom stereocenters. The van der Waals surface area contributed by atoms with Crippen molar-refractivity contribution < 1.29 is 4.74 Å². The van der Waals surface area contributed by atoms with Crippen LogP contribution in [0.15, 0.2) is 67.3 Å². The third kappa shape index (κ3) is 3.93. The number of benzene rings is 2. The topological polar surface area (TPSA) is 87.8 Å². The number of nitrogens with one attached hydrogen (secondary N) is 3. The summed E-state index contributed by atoms with van der Waals surface area (Å²) in [6.45, 7) is 2.03. The van der Waals surface area contributed by atoms with Gasteiger partial charge < -0.3 is 20.4 Å². The Hall–Kier alpha value is -3.87. The zero-order chi connectivity index (χ0) is 19.3. The van der Waals surface area contributed by atoms with E-state index in [1.54, 1.807) is 25.8 Å². The van der Waals surface area contributed by atoms with E-state index in [-0.39, 0.29) is 0 Å². The third-order valence-electron chi connectivity index (χ3n) is 4.31. The van der Waals surface area contributed by atoms with Crippen LogP contribution in [0.25, 0.3) is 11.3 Å². The van der Waals surface area contributed by atoms with Crippen LogP contribution in [0.2, 0.25) is 0 Å². The molecule has 0 aliphatic carbocycles. The predicted octanol–water partition coefficient (Wildman–Crippen LogP) is 4.67. The SMILES string of the molecule is COc1ccc(C)c(Nc2ccnc(Nc3ccc(-c4cnc[nH]4)cc3)n2)c1. The third-order valence-corrected chi connectivity index (χ3v) is 4.31. The van der Waals surface area contributed by atoms with Crippen LogP contribution in [-0.2, 0) is 0 Å². The Morgan fingerprint density at radius 3 is 2.61 bits per heavy atom. The van der Waals surface area contributed by atoms with E-state index in [4.69, 9.17) is 4.74 Å². The average molecular weight is 372 g/mol. The molecule has 140 valence electrons. The molecule has 2 aromatic heterocycles. The molecule has 0 amide bonds. The van der Waals surface area contributed by atoms with E-state index in [0.29, 0.717) is 11.8 Å². The molecule has 3 N–H and O–H groups in total. The van der Waals surface area contributed by atoms with Gasteiger partial charge in [0, 0.05) is 23.6 Å². The summed E-state index contributed by atoms with van der Waals surface area (Å²) in [4.78, 5) is 16.0. The molecule has 0 atom stereocenters. The van der Waals surface area contributed by atoms with Crippen LogP contribution in [0.5, 0.6) is 5.75 Å². The molecule has 0 fully saturated rings. The minimum absolute atomic E-state index is 0.514. The first-order valence-corrected chi connectivity index (χ1v) is 8.82. The molecule has 2 heterocycles. The van der Waals surface area contributed by atoms with Crippen molar-refractivity contribution in [1.82, 2.24) is 19.9 Å². The number of ether oxygens (including phenoxy) is 1. The van der Waals surface area contributed by atoms with Gasteiger partial charge in [0.2, 0.25) is 5.95 Å². The highest BCUT2D eigenvalue weighted by Gasteiger charge is 2.05. The van der Waals surface area contributed by atoms with Crippen LogP contribution in [0.1, 0.15) is 5.56 Å². The smallest absolute Gasteiger partial charge is 0.229 e. The zero-order valence-corrected chi connectivity index (χ0v) is 15.6. The number of aromatic amines is 1. The lowest BCUT2D eigenvalue weighted by Gasteiger charge is -2.12.